The van der Waals surface area contributed by atoms with Gasteiger partial charge in [-0.3, -0.25) is 8.37 Å². The first-order valence-corrected chi connectivity index (χ1v) is 12.0. The van der Waals surface area contributed by atoms with Crippen molar-refractivity contribution in [2.45, 2.75) is 92.3 Å². The van der Waals surface area contributed by atoms with E-state index in [1.54, 1.807) is 0 Å². The average Bonchev–Trinajstić information content (AvgIpc) is 2.51. The van der Waals surface area contributed by atoms with Crippen LogP contribution in [0, 0.1) is 35.5 Å². The summed E-state index contributed by atoms with van der Waals surface area (Å²) in [4.78, 5) is 0. The van der Waals surface area contributed by atoms with Crippen molar-refractivity contribution in [2.24, 2.45) is 35.5 Å². The minimum atomic E-state index is 0.390. The molecule has 0 aromatic carbocycles. The third-order valence-electron chi connectivity index (χ3n) is 6.28. The van der Waals surface area contributed by atoms with Gasteiger partial charge in [0.05, 0.1) is 34.4 Å². The summed E-state index contributed by atoms with van der Waals surface area (Å²) in [7, 11) is 0. The normalized spacial score (nSPS) is 38.0. The third-order valence-corrected chi connectivity index (χ3v) is 7.62. The molecule has 2 aliphatic rings. The summed E-state index contributed by atoms with van der Waals surface area (Å²) in [6.45, 7) is 14.1. The molecule has 2 nitrogen and oxygen atoms in total. The van der Waals surface area contributed by atoms with Crippen LogP contribution in [-0.2, 0) is 8.37 Å². The molecule has 6 atom stereocenters. The summed E-state index contributed by atoms with van der Waals surface area (Å²) in [5.41, 5.74) is 0. The molecular formula is C20H38O2S2. The minimum absolute atomic E-state index is 0.390. The number of rotatable bonds is 7. The second-order valence-corrected chi connectivity index (χ2v) is 10.5. The molecule has 4 heteroatoms. The molecule has 0 unspecified atom stereocenters. The third kappa shape index (κ3) is 6.10. The van der Waals surface area contributed by atoms with Gasteiger partial charge in [0, 0.05) is 0 Å². The first-order valence-electron chi connectivity index (χ1n) is 10.0. The summed E-state index contributed by atoms with van der Waals surface area (Å²) in [6, 6.07) is 0. The van der Waals surface area contributed by atoms with Crippen molar-refractivity contribution >= 4 is 22.1 Å². The summed E-state index contributed by atoms with van der Waals surface area (Å²) in [5, 5.41) is 0. The molecule has 0 N–H and O–H groups in total. The highest BCUT2D eigenvalue weighted by Gasteiger charge is 2.34. The van der Waals surface area contributed by atoms with E-state index in [-0.39, 0.29) is 0 Å². The molecule has 2 fully saturated rings. The second-order valence-electron chi connectivity index (χ2n) is 9.06. The van der Waals surface area contributed by atoms with Crippen LogP contribution < -0.4 is 0 Å². The molecule has 24 heavy (non-hydrogen) atoms. The Morgan fingerprint density at radius 1 is 0.667 bits per heavy atom. The quantitative estimate of drug-likeness (QED) is 0.267. The van der Waals surface area contributed by atoms with Crippen LogP contribution in [-0.4, -0.2) is 12.2 Å². The van der Waals surface area contributed by atoms with Gasteiger partial charge in [-0.05, 0) is 61.2 Å². The molecule has 0 spiro atoms. The Bertz CT molecular complexity index is 328. The van der Waals surface area contributed by atoms with Crippen molar-refractivity contribution in [3.8, 4) is 0 Å². The van der Waals surface area contributed by atoms with Gasteiger partial charge in [0.1, 0.15) is 0 Å². The van der Waals surface area contributed by atoms with E-state index in [4.69, 9.17) is 8.37 Å². The predicted molar refractivity (Wildman–Crippen MR) is 108 cm³/mol. The van der Waals surface area contributed by atoms with Crippen molar-refractivity contribution in [3.63, 3.8) is 0 Å². The lowest BCUT2D eigenvalue weighted by molar-refractivity contribution is 0.0589. The molecule has 0 heterocycles. The zero-order chi connectivity index (χ0) is 17.7. The van der Waals surface area contributed by atoms with Crippen LogP contribution >= 0.6 is 22.1 Å². The highest BCUT2D eigenvalue weighted by molar-refractivity contribution is 8.73. The molecule has 0 aromatic heterocycles. The van der Waals surface area contributed by atoms with E-state index in [2.05, 4.69) is 41.5 Å². The number of hydrogen-bond acceptors (Lipinski definition) is 4. The lowest BCUT2D eigenvalue weighted by atomic mass is 9.75. The topological polar surface area (TPSA) is 18.5 Å². The van der Waals surface area contributed by atoms with E-state index in [0.29, 0.717) is 35.9 Å². The molecule has 0 radical (unpaired) electrons. The second kappa shape index (κ2) is 10.1. The van der Waals surface area contributed by atoms with Gasteiger partial charge in [-0.25, -0.2) is 0 Å². The largest absolute Gasteiger partial charge is 0.300 e. The van der Waals surface area contributed by atoms with Crippen molar-refractivity contribution < 1.29 is 8.37 Å². The standard InChI is InChI=1S/C20H38O2S2/c1-13(2)17-9-7-15(5)11-19(17)21-23-24-22-20-12-16(6)8-10-18(20)14(3)4/h13-20H,7-12H2,1-6H3/t15-,16-,17+,18+,19-,20-/m1/s1. The van der Waals surface area contributed by atoms with Crippen molar-refractivity contribution in [2.75, 3.05) is 0 Å². The van der Waals surface area contributed by atoms with E-state index in [1.807, 2.05) is 0 Å². The number of hydrogen-bond donors (Lipinski definition) is 0. The van der Waals surface area contributed by atoms with E-state index in [1.165, 1.54) is 60.7 Å². The van der Waals surface area contributed by atoms with Gasteiger partial charge >= 0.3 is 0 Å². The summed E-state index contributed by atoms with van der Waals surface area (Å²) < 4.78 is 12.4. The Balaban J connectivity index is 1.76. The predicted octanol–water partition coefficient (Wildman–Crippen LogP) is 7.15. The van der Waals surface area contributed by atoms with Crippen LogP contribution in [0.4, 0.5) is 0 Å². The van der Waals surface area contributed by atoms with E-state index in [9.17, 15) is 0 Å². The van der Waals surface area contributed by atoms with Crippen LogP contribution in [0.5, 0.6) is 0 Å². The minimum Gasteiger partial charge on any atom is -0.300 e. The highest BCUT2D eigenvalue weighted by Crippen LogP contribution is 2.42. The van der Waals surface area contributed by atoms with Crippen molar-refractivity contribution in [1.82, 2.24) is 0 Å². The zero-order valence-corrected chi connectivity index (χ0v) is 18.1. The maximum absolute atomic E-state index is 6.20. The highest BCUT2D eigenvalue weighted by atomic mass is 33.1. The van der Waals surface area contributed by atoms with Crippen LogP contribution in [0.15, 0.2) is 0 Å². The van der Waals surface area contributed by atoms with E-state index >= 15 is 0 Å². The first-order chi connectivity index (χ1) is 11.4. The smallest absolute Gasteiger partial charge is 0.0928 e. The molecule has 2 saturated carbocycles. The van der Waals surface area contributed by atoms with Gasteiger partial charge in [0.25, 0.3) is 0 Å². The van der Waals surface area contributed by atoms with Crippen LogP contribution in [0.2, 0.25) is 0 Å². The molecule has 0 bridgehead atoms. The maximum atomic E-state index is 6.20. The fourth-order valence-electron chi connectivity index (χ4n) is 4.58. The van der Waals surface area contributed by atoms with Crippen molar-refractivity contribution in [3.05, 3.63) is 0 Å². The molecule has 2 rings (SSSR count). The van der Waals surface area contributed by atoms with Gasteiger partial charge in [0.2, 0.25) is 0 Å². The molecule has 142 valence electrons. The lowest BCUT2D eigenvalue weighted by Crippen LogP contribution is -2.33. The average molecular weight is 375 g/mol. The zero-order valence-electron chi connectivity index (χ0n) is 16.5. The molecule has 2 aliphatic carbocycles. The first kappa shape index (κ1) is 20.9. The monoisotopic (exact) mass is 374 g/mol. The van der Waals surface area contributed by atoms with Crippen LogP contribution in [0.1, 0.15) is 80.1 Å². The molecule has 0 aliphatic heterocycles. The Hall–Kier alpha value is 0.620. The SMILES string of the molecule is CC(C)[C@@H]1CC[C@@H](C)C[C@H]1OSSO[C@@H]1C[C@H](C)CC[C@H]1C(C)C. The summed E-state index contributed by atoms with van der Waals surface area (Å²) in [6.07, 6.45) is 8.51. The molecule has 0 aromatic rings. The Labute approximate surface area is 158 Å². The Morgan fingerprint density at radius 2 is 1.04 bits per heavy atom. The van der Waals surface area contributed by atoms with Crippen LogP contribution in [0.3, 0.4) is 0 Å². The Morgan fingerprint density at radius 3 is 1.38 bits per heavy atom. The fraction of sp³-hybridized carbons (Fsp3) is 1.00. The summed E-state index contributed by atoms with van der Waals surface area (Å²) >= 11 is 2.97. The van der Waals surface area contributed by atoms with Gasteiger partial charge in [-0.1, -0.05) is 54.4 Å². The van der Waals surface area contributed by atoms with Gasteiger partial charge < -0.3 is 0 Å². The van der Waals surface area contributed by atoms with Crippen molar-refractivity contribution in [1.29, 1.82) is 0 Å². The lowest BCUT2D eigenvalue weighted by Gasteiger charge is -2.37. The van der Waals surface area contributed by atoms with Gasteiger partial charge in [-0.15, -0.1) is 0 Å². The van der Waals surface area contributed by atoms with Gasteiger partial charge in [-0.2, -0.15) is 0 Å². The summed E-state index contributed by atoms with van der Waals surface area (Å²) in [5.74, 6) is 4.40. The molecular weight excluding hydrogens is 336 g/mol. The van der Waals surface area contributed by atoms with E-state index < -0.39 is 0 Å². The van der Waals surface area contributed by atoms with Crippen LogP contribution in [0.25, 0.3) is 0 Å². The fourth-order valence-corrected chi connectivity index (χ4v) is 6.09. The maximum Gasteiger partial charge on any atom is 0.0928 e. The molecule has 0 amide bonds. The van der Waals surface area contributed by atoms with E-state index in [0.717, 1.165) is 11.8 Å². The Kier molecular flexibility index (Phi) is 8.79. The van der Waals surface area contributed by atoms with Gasteiger partial charge in [0.15, 0.2) is 0 Å². The molecule has 0 saturated heterocycles.